The third-order valence-corrected chi connectivity index (χ3v) is 4.36. The fourth-order valence-corrected chi connectivity index (χ4v) is 3.36. The van der Waals surface area contributed by atoms with E-state index in [2.05, 4.69) is 17.4 Å². The van der Waals surface area contributed by atoms with Crippen molar-refractivity contribution in [1.82, 2.24) is 5.32 Å². The van der Waals surface area contributed by atoms with Gasteiger partial charge in [0.25, 0.3) is 0 Å². The molecule has 0 amide bonds. The second-order valence-corrected chi connectivity index (χ2v) is 5.44. The summed E-state index contributed by atoms with van der Waals surface area (Å²) in [5, 5.41) is 3.43. The third kappa shape index (κ3) is 1.87. The van der Waals surface area contributed by atoms with Crippen LogP contribution in [0.3, 0.4) is 0 Å². The molecule has 1 spiro atoms. The number of methoxy groups -OCH3 is 1. The number of rotatable bonds is 2. The van der Waals surface area contributed by atoms with Crippen molar-refractivity contribution >= 4 is 0 Å². The minimum absolute atomic E-state index is 0.0786. The minimum atomic E-state index is 0.0786. The monoisotopic (exact) mass is 247 g/mol. The van der Waals surface area contributed by atoms with E-state index in [4.69, 9.17) is 9.47 Å². The first-order valence-corrected chi connectivity index (χ1v) is 6.80. The quantitative estimate of drug-likeness (QED) is 0.871. The molecule has 18 heavy (non-hydrogen) atoms. The summed E-state index contributed by atoms with van der Waals surface area (Å²) in [5.74, 6) is 1.93. The van der Waals surface area contributed by atoms with Crippen LogP contribution in [0.2, 0.25) is 0 Å². The Labute approximate surface area is 108 Å². The number of hydrogen-bond acceptors (Lipinski definition) is 3. The largest absolute Gasteiger partial charge is 0.497 e. The molecule has 3 nitrogen and oxygen atoms in total. The molecule has 1 heterocycles. The second-order valence-electron chi connectivity index (χ2n) is 5.44. The predicted molar refractivity (Wildman–Crippen MR) is 71.2 cm³/mol. The van der Waals surface area contributed by atoms with Crippen molar-refractivity contribution in [2.75, 3.05) is 14.2 Å². The molecule has 3 heteroatoms. The lowest BCUT2D eigenvalue weighted by Gasteiger charge is -2.40. The molecule has 0 aromatic heterocycles. The van der Waals surface area contributed by atoms with Crippen molar-refractivity contribution in [3.05, 3.63) is 23.8 Å². The summed E-state index contributed by atoms with van der Waals surface area (Å²) in [4.78, 5) is 0. The summed E-state index contributed by atoms with van der Waals surface area (Å²) in [5.41, 5.74) is 1.31. The number of ether oxygens (including phenoxy) is 2. The van der Waals surface area contributed by atoms with Crippen molar-refractivity contribution in [3.63, 3.8) is 0 Å². The first-order valence-electron chi connectivity index (χ1n) is 6.80. The average molecular weight is 247 g/mol. The molecule has 1 saturated carbocycles. The maximum atomic E-state index is 6.32. The molecule has 1 unspecified atom stereocenters. The molecule has 1 aliphatic heterocycles. The maximum Gasteiger partial charge on any atom is 0.125 e. The molecule has 1 aliphatic carbocycles. The van der Waals surface area contributed by atoms with E-state index < -0.39 is 0 Å². The van der Waals surface area contributed by atoms with E-state index in [-0.39, 0.29) is 5.60 Å². The summed E-state index contributed by atoms with van der Waals surface area (Å²) in [6.07, 6.45) is 6.04. The molecule has 0 saturated heterocycles. The number of fused-ring (bicyclic) bond motifs is 1. The highest BCUT2D eigenvalue weighted by atomic mass is 16.5. The third-order valence-electron chi connectivity index (χ3n) is 4.36. The molecule has 98 valence electrons. The van der Waals surface area contributed by atoms with Gasteiger partial charge >= 0.3 is 0 Å². The SMILES string of the molecule is CNC1CC2(CCCC2)Oc2ccc(OC)cc21. The molecule has 1 fully saturated rings. The van der Waals surface area contributed by atoms with Gasteiger partial charge in [-0.2, -0.15) is 0 Å². The van der Waals surface area contributed by atoms with Gasteiger partial charge in [-0.25, -0.2) is 0 Å². The van der Waals surface area contributed by atoms with Gasteiger partial charge in [-0.3, -0.25) is 0 Å². The number of nitrogens with one attached hydrogen (secondary N) is 1. The molecule has 0 radical (unpaired) electrons. The summed E-state index contributed by atoms with van der Waals surface area (Å²) < 4.78 is 11.6. The Morgan fingerprint density at radius 1 is 1.33 bits per heavy atom. The second kappa shape index (κ2) is 4.47. The van der Waals surface area contributed by atoms with Crippen molar-refractivity contribution in [2.24, 2.45) is 0 Å². The molecular weight excluding hydrogens is 226 g/mol. The maximum absolute atomic E-state index is 6.32. The van der Waals surface area contributed by atoms with Gasteiger partial charge in [0.2, 0.25) is 0 Å². The summed E-state index contributed by atoms with van der Waals surface area (Å²) in [6.45, 7) is 0. The molecule has 2 aliphatic rings. The fraction of sp³-hybridized carbons (Fsp3) is 0.600. The van der Waals surface area contributed by atoms with Crippen molar-refractivity contribution in [2.45, 2.75) is 43.7 Å². The zero-order valence-electron chi connectivity index (χ0n) is 11.2. The lowest BCUT2D eigenvalue weighted by molar-refractivity contribution is 0.0378. The lowest BCUT2D eigenvalue weighted by atomic mass is 9.86. The van der Waals surface area contributed by atoms with Crippen LogP contribution < -0.4 is 14.8 Å². The Morgan fingerprint density at radius 3 is 2.78 bits per heavy atom. The molecule has 3 rings (SSSR count). The van der Waals surface area contributed by atoms with Crippen molar-refractivity contribution in [1.29, 1.82) is 0 Å². The van der Waals surface area contributed by atoms with Crippen LogP contribution in [-0.4, -0.2) is 19.8 Å². The van der Waals surface area contributed by atoms with E-state index in [0.717, 1.165) is 17.9 Å². The highest BCUT2D eigenvalue weighted by molar-refractivity contribution is 5.44. The van der Waals surface area contributed by atoms with Gasteiger partial charge in [-0.05, 0) is 50.9 Å². The van der Waals surface area contributed by atoms with Crippen LogP contribution in [0.1, 0.15) is 43.7 Å². The topological polar surface area (TPSA) is 30.5 Å². The van der Waals surface area contributed by atoms with Crippen molar-refractivity contribution < 1.29 is 9.47 Å². The standard InChI is InChI=1S/C15H21NO2/c1-16-13-10-15(7-3-4-8-15)18-14-6-5-11(17-2)9-12(13)14/h5-6,9,13,16H,3-4,7-8,10H2,1-2H3. The zero-order chi connectivity index (χ0) is 12.6. The van der Waals surface area contributed by atoms with E-state index in [1.165, 1.54) is 31.2 Å². The van der Waals surface area contributed by atoms with Crippen LogP contribution in [0.4, 0.5) is 0 Å². The summed E-state index contributed by atoms with van der Waals surface area (Å²) in [6, 6.07) is 6.51. The smallest absolute Gasteiger partial charge is 0.125 e. The normalized spacial score (nSPS) is 24.7. The average Bonchev–Trinajstić information content (AvgIpc) is 2.85. The van der Waals surface area contributed by atoms with Gasteiger partial charge in [0.15, 0.2) is 0 Å². The van der Waals surface area contributed by atoms with E-state index in [1.807, 2.05) is 13.1 Å². The van der Waals surface area contributed by atoms with Crippen LogP contribution >= 0.6 is 0 Å². The van der Waals surface area contributed by atoms with Crippen molar-refractivity contribution in [3.8, 4) is 11.5 Å². The van der Waals surface area contributed by atoms with E-state index in [9.17, 15) is 0 Å². The number of hydrogen-bond donors (Lipinski definition) is 1. The highest BCUT2D eigenvalue weighted by Crippen LogP contribution is 2.47. The van der Waals surface area contributed by atoms with Crippen LogP contribution in [0.25, 0.3) is 0 Å². The lowest BCUT2D eigenvalue weighted by Crippen LogP contribution is -2.41. The van der Waals surface area contributed by atoms with Gasteiger partial charge in [0.1, 0.15) is 17.1 Å². The Morgan fingerprint density at radius 2 is 2.11 bits per heavy atom. The van der Waals surface area contributed by atoms with E-state index >= 15 is 0 Å². The van der Waals surface area contributed by atoms with Crippen LogP contribution in [0.5, 0.6) is 11.5 Å². The molecule has 1 N–H and O–H groups in total. The minimum Gasteiger partial charge on any atom is -0.497 e. The van der Waals surface area contributed by atoms with Crippen LogP contribution in [-0.2, 0) is 0 Å². The van der Waals surface area contributed by atoms with Gasteiger partial charge in [0, 0.05) is 18.0 Å². The molecule has 1 atom stereocenters. The zero-order valence-corrected chi connectivity index (χ0v) is 11.2. The van der Waals surface area contributed by atoms with Gasteiger partial charge < -0.3 is 14.8 Å². The Kier molecular flexibility index (Phi) is 2.94. The molecule has 1 aromatic rings. The summed E-state index contributed by atoms with van der Waals surface area (Å²) >= 11 is 0. The van der Waals surface area contributed by atoms with E-state index in [0.29, 0.717) is 6.04 Å². The van der Waals surface area contributed by atoms with Gasteiger partial charge in [-0.1, -0.05) is 0 Å². The Balaban J connectivity index is 1.98. The summed E-state index contributed by atoms with van der Waals surface area (Å²) in [7, 11) is 3.74. The van der Waals surface area contributed by atoms with Crippen LogP contribution in [0.15, 0.2) is 18.2 Å². The van der Waals surface area contributed by atoms with E-state index in [1.54, 1.807) is 7.11 Å². The highest BCUT2D eigenvalue weighted by Gasteiger charge is 2.42. The Bertz CT molecular complexity index is 438. The van der Waals surface area contributed by atoms with Gasteiger partial charge in [-0.15, -0.1) is 0 Å². The van der Waals surface area contributed by atoms with Gasteiger partial charge in [0.05, 0.1) is 7.11 Å². The molecular formula is C15H21NO2. The first-order chi connectivity index (χ1) is 8.76. The van der Waals surface area contributed by atoms with Crippen LogP contribution in [0, 0.1) is 0 Å². The predicted octanol–water partition coefficient (Wildman–Crippen LogP) is 3.05. The fourth-order valence-electron chi connectivity index (χ4n) is 3.36. The molecule has 0 bridgehead atoms. The Hall–Kier alpha value is -1.22. The number of benzene rings is 1. The molecule has 1 aromatic carbocycles. The first kappa shape index (κ1) is 11.8.